The van der Waals surface area contributed by atoms with Crippen LogP contribution < -0.4 is 15.4 Å². The Morgan fingerprint density at radius 2 is 1.88 bits per heavy atom. The number of ether oxygens (including phenoxy) is 2. The van der Waals surface area contributed by atoms with Crippen molar-refractivity contribution in [2.45, 2.75) is 37.1 Å². The van der Waals surface area contributed by atoms with Gasteiger partial charge in [0.15, 0.2) is 5.60 Å². The Labute approximate surface area is 186 Å². The minimum Gasteiger partial charge on any atom is -0.461 e. The number of rotatable bonds is 7. The van der Waals surface area contributed by atoms with Crippen LogP contribution in [-0.4, -0.2) is 83.8 Å². The molecule has 2 aromatic carbocycles. The van der Waals surface area contributed by atoms with Crippen molar-refractivity contribution in [1.29, 1.82) is 0 Å². The van der Waals surface area contributed by atoms with Gasteiger partial charge in [-0.2, -0.15) is 0 Å². The molecule has 32 heavy (non-hydrogen) atoms. The monoisotopic (exact) mass is 446 g/mol. The van der Waals surface area contributed by atoms with Crippen LogP contribution in [0.3, 0.4) is 0 Å². The average Bonchev–Trinajstić information content (AvgIpc) is 2.80. The Morgan fingerprint density at radius 3 is 2.50 bits per heavy atom. The van der Waals surface area contributed by atoms with E-state index < -0.39 is 36.8 Å². The van der Waals surface area contributed by atoms with Crippen LogP contribution in [-0.2, 0) is 4.74 Å². The summed E-state index contributed by atoms with van der Waals surface area (Å²) in [5, 5.41) is 46.5. The molecule has 6 N–H and O–H groups in total. The Hall–Kier alpha value is -2.53. The van der Waals surface area contributed by atoms with E-state index in [1.807, 2.05) is 19.1 Å². The van der Waals surface area contributed by atoms with Crippen LogP contribution in [0.15, 0.2) is 42.5 Å². The number of carbonyl (C=O) groups is 1. The zero-order valence-electron chi connectivity index (χ0n) is 18.3. The van der Waals surface area contributed by atoms with E-state index in [0.717, 1.165) is 16.7 Å². The summed E-state index contributed by atoms with van der Waals surface area (Å²) in [7, 11) is 3.16. The topological polar surface area (TPSA) is 141 Å². The molecule has 1 heterocycles. The Kier molecular flexibility index (Phi) is 7.50. The van der Waals surface area contributed by atoms with Gasteiger partial charge in [0, 0.05) is 19.2 Å². The van der Waals surface area contributed by atoms with E-state index in [1.54, 1.807) is 44.4 Å². The van der Waals surface area contributed by atoms with Crippen molar-refractivity contribution >= 4 is 5.91 Å². The number of amides is 1. The fourth-order valence-electron chi connectivity index (χ4n) is 3.81. The molecule has 0 aliphatic carbocycles. The first-order valence-corrected chi connectivity index (χ1v) is 10.3. The Balaban J connectivity index is 1.88. The van der Waals surface area contributed by atoms with Gasteiger partial charge in [-0.05, 0) is 54.9 Å². The molecule has 9 nitrogen and oxygen atoms in total. The van der Waals surface area contributed by atoms with E-state index in [0.29, 0.717) is 11.3 Å². The van der Waals surface area contributed by atoms with Crippen molar-refractivity contribution in [3.05, 3.63) is 53.6 Å². The van der Waals surface area contributed by atoms with Crippen molar-refractivity contribution in [3.8, 4) is 16.9 Å². The fraction of sp³-hybridized carbons (Fsp3) is 0.435. The molecule has 174 valence electrons. The molecule has 0 radical (unpaired) electrons. The van der Waals surface area contributed by atoms with Crippen molar-refractivity contribution in [3.63, 3.8) is 0 Å². The number of nitrogens with one attached hydrogen (secondary N) is 2. The van der Waals surface area contributed by atoms with Gasteiger partial charge in [0.2, 0.25) is 6.29 Å². The second-order valence-electron chi connectivity index (χ2n) is 7.90. The lowest BCUT2D eigenvalue weighted by Crippen LogP contribution is -2.70. The van der Waals surface area contributed by atoms with Gasteiger partial charge in [0.05, 0.1) is 6.61 Å². The fourth-order valence-corrected chi connectivity index (χ4v) is 3.81. The quantitative estimate of drug-likeness (QED) is 0.343. The first kappa shape index (κ1) is 24.1. The van der Waals surface area contributed by atoms with Crippen molar-refractivity contribution in [1.82, 2.24) is 10.6 Å². The smallest absolute Gasteiger partial charge is 0.251 e. The summed E-state index contributed by atoms with van der Waals surface area (Å²) in [5.41, 5.74) is 1.02. The standard InChI is InChI=1S/C23H30N2O7/c1-13-9-15(14-5-4-6-16(10-14)21(29)25-3)7-8-17(13)31-22-23(30,12-24-2)20(28)19(27)18(11-26)32-22/h4-10,18-20,22,24,26-28,30H,11-12H2,1-3H3,(H,25,29)/t18?,19-,20?,22+,23+/m1/s1. The summed E-state index contributed by atoms with van der Waals surface area (Å²) >= 11 is 0. The molecular formula is C23H30N2O7. The molecule has 1 aliphatic rings. The number of benzene rings is 2. The van der Waals surface area contributed by atoms with Gasteiger partial charge >= 0.3 is 0 Å². The third-order valence-electron chi connectivity index (χ3n) is 5.66. The van der Waals surface area contributed by atoms with E-state index in [1.165, 1.54) is 0 Å². The first-order chi connectivity index (χ1) is 15.2. The molecule has 5 atom stereocenters. The van der Waals surface area contributed by atoms with Crippen LogP contribution in [0.25, 0.3) is 11.1 Å². The molecule has 2 aromatic rings. The average molecular weight is 447 g/mol. The highest BCUT2D eigenvalue weighted by molar-refractivity contribution is 5.95. The Morgan fingerprint density at radius 1 is 1.16 bits per heavy atom. The van der Waals surface area contributed by atoms with Gasteiger partial charge in [-0.1, -0.05) is 18.2 Å². The van der Waals surface area contributed by atoms with E-state index in [4.69, 9.17) is 9.47 Å². The lowest BCUT2D eigenvalue weighted by molar-refractivity contribution is -0.318. The summed E-state index contributed by atoms with van der Waals surface area (Å²) in [4.78, 5) is 11.9. The van der Waals surface area contributed by atoms with Gasteiger partial charge in [-0.25, -0.2) is 0 Å². The summed E-state index contributed by atoms with van der Waals surface area (Å²) in [6.07, 6.45) is -5.53. The van der Waals surface area contributed by atoms with Gasteiger partial charge in [0.25, 0.3) is 5.91 Å². The van der Waals surface area contributed by atoms with Crippen LogP contribution in [0, 0.1) is 6.92 Å². The normalized spacial score (nSPS) is 27.7. The molecule has 0 saturated carbocycles. The first-order valence-electron chi connectivity index (χ1n) is 10.3. The molecular weight excluding hydrogens is 416 g/mol. The molecule has 1 fully saturated rings. The van der Waals surface area contributed by atoms with Crippen LogP contribution in [0.1, 0.15) is 15.9 Å². The second-order valence-corrected chi connectivity index (χ2v) is 7.90. The molecule has 0 aromatic heterocycles. The zero-order chi connectivity index (χ0) is 23.5. The summed E-state index contributed by atoms with van der Waals surface area (Å²) in [6.45, 7) is 1.15. The predicted molar refractivity (Wildman–Crippen MR) is 117 cm³/mol. The maximum absolute atomic E-state index is 11.9. The maximum Gasteiger partial charge on any atom is 0.251 e. The molecule has 2 unspecified atom stereocenters. The number of aliphatic hydroxyl groups is 4. The van der Waals surface area contributed by atoms with Crippen molar-refractivity contribution in [2.75, 3.05) is 27.2 Å². The van der Waals surface area contributed by atoms with Crippen LogP contribution in [0.2, 0.25) is 0 Å². The molecule has 9 heteroatoms. The van der Waals surface area contributed by atoms with E-state index >= 15 is 0 Å². The molecule has 1 saturated heterocycles. The minimum atomic E-state index is -1.95. The summed E-state index contributed by atoms with van der Waals surface area (Å²) in [5.74, 6) is 0.219. The largest absolute Gasteiger partial charge is 0.461 e. The van der Waals surface area contributed by atoms with E-state index in [2.05, 4.69) is 10.6 Å². The number of aliphatic hydroxyl groups excluding tert-OH is 3. The third kappa shape index (κ3) is 4.63. The van der Waals surface area contributed by atoms with Crippen LogP contribution in [0.5, 0.6) is 5.75 Å². The van der Waals surface area contributed by atoms with Crippen LogP contribution >= 0.6 is 0 Å². The molecule has 3 rings (SSSR count). The number of carbonyl (C=O) groups excluding carboxylic acids is 1. The third-order valence-corrected chi connectivity index (χ3v) is 5.66. The maximum atomic E-state index is 11.9. The number of hydrogen-bond donors (Lipinski definition) is 6. The van der Waals surface area contributed by atoms with Crippen molar-refractivity contribution in [2.24, 2.45) is 0 Å². The minimum absolute atomic E-state index is 0.114. The molecule has 1 aliphatic heterocycles. The second kappa shape index (κ2) is 9.95. The highest BCUT2D eigenvalue weighted by atomic mass is 16.7. The summed E-state index contributed by atoms with van der Waals surface area (Å²) in [6, 6.07) is 12.6. The molecule has 1 amide bonds. The number of likely N-dealkylation sites (N-methyl/N-ethyl adjacent to an activating group) is 1. The zero-order valence-corrected chi connectivity index (χ0v) is 18.3. The SMILES string of the molecule is CNC[C@]1(O)C(O)[C@H](O)C(CO)O[C@@H]1Oc1ccc(-c2cccc(C(=O)NC)c2)cc1C. The van der Waals surface area contributed by atoms with E-state index in [-0.39, 0.29) is 12.5 Å². The summed E-state index contributed by atoms with van der Waals surface area (Å²) < 4.78 is 11.5. The molecule has 0 spiro atoms. The van der Waals surface area contributed by atoms with Gasteiger partial charge < -0.3 is 40.5 Å². The van der Waals surface area contributed by atoms with Crippen molar-refractivity contribution < 1.29 is 34.7 Å². The highest BCUT2D eigenvalue weighted by Crippen LogP contribution is 2.34. The highest BCUT2D eigenvalue weighted by Gasteiger charge is 2.55. The lowest BCUT2D eigenvalue weighted by atomic mass is 9.86. The van der Waals surface area contributed by atoms with Crippen LogP contribution in [0.4, 0.5) is 0 Å². The van der Waals surface area contributed by atoms with Gasteiger partial charge in [-0.3, -0.25) is 4.79 Å². The van der Waals surface area contributed by atoms with Gasteiger partial charge in [-0.15, -0.1) is 0 Å². The number of hydrogen-bond acceptors (Lipinski definition) is 8. The number of aryl methyl sites for hydroxylation is 1. The van der Waals surface area contributed by atoms with E-state index in [9.17, 15) is 25.2 Å². The Bertz CT molecular complexity index is 954. The van der Waals surface area contributed by atoms with Gasteiger partial charge in [0.1, 0.15) is 24.1 Å². The predicted octanol–water partition coefficient (Wildman–Crippen LogP) is -0.210. The molecule has 0 bridgehead atoms. The lowest BCUT2D eigenvalue weighted by Gasteiger charge is -2.47.